The minimum absolute atomic E-state index is 0.507. The summed E-state index contributed by atoms with van der Waals surface area (Å²) in [4.78, 5) is 10.9. The summed E-state index contributed by atoms with van der Waals surface area (Å²) in [5, 5.41) is 8.97. The van der Waals surface area contributed by atoms with Crippen molar-refractivity contribution in [3.63, 3.8) is 0 Å². The van der Waals surface area contributed by atoms with Crippen LogP contribution < -0.4 is 0 Å². The van der Waals surface area contributed by atoms with E-state index in [2.05, 4.69) is 5.92 Å². The number of benzene rings is 1. The molecule has 0 heterocycles. The average Bonchev–Trinajstić information content (AvgIpc) is 2.18. The summed E-state index contributed by atoms with van der Waals surface area (Å²) in [5.74, 6) is 1.74. The van der Waals surface area contributed by atoms with Crippen molar-refractivity contribution in [1.82, 2.24) is 0 Å². The third kappa shape index (κ3) is 2.85. The Bertz CT molecular complexity index is 394. The number of rotatable bonds is 3. The quantitative estimate of drug-likeness (QED) is 0.764. The molecule has 0 saturated heterocycles. The van der Waals surface area contributed by atoms with Crippen molar-refractivity contribution >= 4 is 5.97 Å². The van der Waals surface area contributed by atoms with Gasteiger partial charge in [0.05, 0.1) is 5.41 Å². The van der Waals surface area contributed by atoms with Gasteiger partial charge in [0.1, 0.15) is 0 Å². The van der Waals surface area contributed by atoms with Crippen LogP contribution >= 0.6 is 0 Å². The molecule has 0 saturated carbocycles. The number of carbonyl (C=O) groups is 1. The highest BCUT2D eigenvalue weighted by molar-refractivity contribution is 5.74. The second-order valence-corrected chi connectivity index (χ2v) is 4.21. The van der Waals surface area contributed by atoms with E-state index in [0.717, 1.165) is 11.1 Å². The van der Waals surface area contributed by atoms with E-state index in [1.165, 1.54) is 0 Å². The Hall–Kier alpha value is -1.75. The van der Waals surface area contributed by atoms with Gasteiger partial charge in [0, 0.05) is 5.56 Å². The van der Waals surface area contributed by atoms with Gasteiger partial charge in [0.2, 0.25) is 0 Å². The van der Waals surface area contributed by atoms with Gasteiger partial charge in [-0.15, -0.1) is 6.42 Å². The average molecular weight is 202 g/mol. The zero-order valence-corrected chi connectivity index (χ0v) is 8.95. The summed E-state index contributed by atoms with van der Waals surface area (Å²) in [5.41, 5.74) is 1.06. The molecule has 0 spiro atoms. The van der Waals surface area contributed by atoms with Gasteiger partial charge < -0.3 is 5.11 Å². The Kier molecular flexibility index (Phi) is 3.16. The predicted molar refractivity (Wildman–Crippen MR) is 59.5 cm³/mol. The Labute approximate surface area is 89.9 Å². The molecule has 0 atom stereocenters. The monoisotopic (exact) mass is 202 g/mol. The Morgan fingerprint density at radius 3 is 2.33 bits per heavy atom. The first-order valence-electron chi connectivity index (χ1n) is 4.74. The molecule has 0 bridgehead atoms. The second-order valence-electron chi connectivity index (χ2n) is 4.21. The maximum Gasteiger partial charge on any atom is 0.309 e. The fraction of sp³-hybridized carbons (Fsp3) is 0.308. The van der Waals surface area contributed by atoms with Crippen molar-refractivity contribution in [3.05, 3.63) is 35.4 Å². The normalized spacial score (nSPS) is 10.7. The van der Waals surface area contributed by atoms with Crippen molar-refractivity contribution < 1.29 is 9.90 Å². The maximum atomic E-state index is 10.9. The molecule has 0 amide bonds. The van der Waals surface area contributed by atoms with E-state index in [0.29, 0.717) is 6.42 Å². The molecule has 0 aliphatic rings. The lowest BCUT2D eigenvalue weighted by atomic mass is 9.86. The van der Waals surface area contributed by atoms with Gasteiger partial charge >= 0.3 is 5.97 Å². The molecule has 1 aromatic rings. The molecule has 0 unspecified atom stereocenters. The zero-order chi connectivity index (χ0) is 11.5. The lowest BCUT2D eigenvalue weighted by Crippen LogP contribution is -2.26. The van der Waals surface area contributed by atoms with Crippen LogP contribution in [-0.4, -0.2) is 11.1 Å². The molecular formula is C13H14O2. The molecular weight excluding hydrogens is 188 g/mol. The molecule has 0 aliphatic carbocycles. The van der Waals surface area contributed by atoms with E-state index in [4.69, 9.17) is 11.5 Å². The van der Waals surface area contributed by atoms with E-state index in [-0.39, 0.29) is 0 Å². The van der Waals surface area contributed by atoms with Gasteiger partial charge in [-0.2, -0.15) is 0 Å². The molecule has 78 valence electrons. The molecule has 0 fully saturated rings. The van der Waals surface area contributed by atoms with E-state index in [1.54, 1.807) is 13.8 Å². The molecule has 0 aliphatic heterocycles. The Morgan fingerprint density at radius 2 is 1.93 bits per heavy atom. The van der Waals surface area contributed by atoms with Crippen molar-refractivity contribution in [3.8, 4) is 12.3 Å². The van der Waals surface area contributed by atoms with Gasteiger partial charge in [-0.3, -0.25) is 4.79 Å². The van der Waals surface area contributed by atoms with Gasteiger partial charge in [-0.1, -0.05) is 18.1 Å². The van der Waals surface area contributed by atoms with Crippen molar-refractivity contribution in [2.24, 2.45) is 5.41 Å². The summed E-state index contributed by atoms with van der Waals surface area (Å²) in [7, 11) is 0. The molecule has 2 heteroatoms. The van der Waals surface area contributed by atoms with Crippen LogP contribution in [0.4, 0.5) is 0 Å². The van der Waals surface area contributed by atoms with Crippen molar-refractivity contribution in [1.29, 1.82) is 0 Å². The third-order valence-electron chi connectivity index (χ3n) is 2.35. The summed E-state index contributed by atoms with van der Waals surface area (Å²) in [6.45, 7) is 3.43. The number of terminal acetylenes is 1. The van der Waals surface area contributed by atoms with Crippen LogP contribution in [0.5, 0.6) is 0 Å². The minimum atomic E-state index is -0.788. The smallest absolute Gasteiger partial charge is 0.309 e. The third-order valence-corrected chi connectivity index (χ3v) is 2.35. The van der Waals surface area contributed by atoms with Gasteiger partial charge in [0.25, 0.3) is 0 Å². The lowest BCUT2D eigenvalue weighted by Gasteiger charge is -2.18. The van der Waals surface area contributed by atoms with Crippen molar-refractivity contribution in [2.45, 2.75) is 20.3 Å². The van der Waals surface area contributed by atoms with Crippen LogP contribution in [0.2, 0.25) is 0 Å². The summed E-state index contributed by atoms with van der Waals surface area (Å²) < 4.78 is 0. The van der Waals surface area contributed by atoms with Crippen LogP contribution in [-0.2, 0) is 11.2 Å². The standard InChI is InChI=1S/C13H14O2/c1-4-10-5-7-11(8-6-10)9-13(2,3)12(14)15/h1,5-8H,9H2,2-3H3,(H,14,15). The van der Waals surface area contributed by atoms with Crippen LogP contribution in [0.3, 0.4) is 0 Å². The van der Waals surface area contributed by atoms with Gasteiger partial charge in [0.15, 0.2) is 0 Å². The summed E-state index contributed by atoms with van der Waals surface area (Å²) >= 11 is 0. The van der Waals surface area contributed by atoms with Crippen LogP contribution in [0.1, 0.15) is 25.0 Å². The molecule has 1 rings (SSSR count). The topological polar surface area (TPSA) is 37.3 Å². The minimum Gasteiger partial charge on any atom is -0.481 e. The van der Waals surface area contributed by atoms with Gasteiger partial charge in [-0.25, -0.2) is 0 Å². The van der Waals surface area contributed by atoms with E-state index in [9.17, 15) is 4.79 Å². The predicted octanol–water partition coefficient (Wildman–Crippen LogP) is 2.32. The number of hydrogen-bond donors (Lipinski definition) is 1. The second kappa shape index (κ2) is 4.18. The molecule has 0 aromatic heterocycles. The fourth-order valence-electron chi connectivity index (χ4n) is 1.30. The summed E-state index contributed by atoms with van der Waals surface area (Å²) in [6.07, 6.45) is 5.74. The zero-order valence-electron chi connectivity index (χ0n) is 8.95. The van der Waals surface area contributed by atoms with Crippen LogP contribution in [0.25, 0.3) is 0 Å². The Morgan fingerprint density at radius 1 is 1.40 bits per heavy atom. The van der Waals surface area contributed by atoms with E-state index >= 15 is 0 Å². The fourth-order valence-corrected chi connectivity index (χ4v) is 1.30. The molecule has 15 heavy (non-hydrogen) atoms. The molecule has 1 aromatic carbocycles. The lowest BCUT2D eigenvalue weighted by molar-refractivity contribution is -0.146. The molecule has 0 radical (unpaired) electrons. The summed E-state index contributed by atoms with van der Waals surface area (Å²) in [6, 6.07) is 7.40. The molecule has 1 N–H and O–H groups in total. The van der Waals surface area contributed by atoms with Gasteiger partial charge in [-0.05, 0) is 38.0 Å². The molecule has 2 nitrogen and oxygen atoms in total. The maximum absolute atomic E-state index is 10.9. The number of aliphatic carboxylic acids is 1. The first-order valence-corrected chi connectivity index (χ1v) is 4.74. The SMILES string of the molecule is C#Cc1ccc(CC(C)(C)C(=O)O)cc1. The number of carboxylic acids is 1. The van der Waals surface area contributed by atoms with E-state index in [1.807, 2.05) is 24.3 Å². The highest BCUT2D eigenvalue weighted by Crippen LogP contribution is 2.22. The van der Waals surface area contributed by atoms with Crippen LogP contribution in [0.15, 0.2) is 24.3 Å². The highest BCUT2D eigenvalue weighted by atomic mass is 16.4. The van der Waals surface area contributed by atoms with Crippen LogP contribution in [0, 0.1) is 17.8 Å². The van der Waals surface area contributed by atoms with Crippen molar-refractivity contribution in [2.75, 3.05) is 0 Å². The number of carboxylic acid groups (broad SMARTS) is 1. The highest BCUT2D eigenvalue weighted by Gasteiger charge is 2.27. The largest absolute Gasteiger partial charge is 0.481 e. The first-order chi connectivity index (χ1) is 6.95. The first kappa shape index (κ1) is 11.3. The Balaban J connectivity index is 2.83. The number of hydrogen-bond acceptors (Lipinski definition) is 1. The van der Waals surface area contributed by atoms with E-state index < -0.39 is 11.4 Å².